The van der Waals surface area contributed by atoms with E-state index in [9.17, 15) is 9.59 Å². The maximum absolute atomic E-state index is 11.6. The number of carbonyl (C=O) groups excluding carboxylic acids is 2. The summed E-state index contributed by atoms with van der Waals surface area (Å²) in [6.45, 7) is 0. The zero-order valence-electron chi connectivity index (χ0n) is 9.45. The van der Waals surface area contributed by atoms with Crippen molar-refractivity contribution in [1.82, 2.24) is 9.13 Å². The lowest BCUT2D eigenvalue weighted by Crippen LogP contribution is -2.11. The molecule has 2 heterocycles. The Kier molecular flexibility index (Phi) is 3.55. The van der Waals surface area contributed by atoms with Crippen LogP contribution >= 0.6 is 0 Å². The van der Waals surface area contributed by atoms with Crippen LogP contribution in [0.15, 0.2) is 49.1 Å². The second-order valence-corrected chi connectivity index (χ2v) is 3.82. The summed E-state index contributed by atoms with van der Waals surface area (Å²) in [5.74, 6) is 0.0469. The van der Waals surface area contributed by atoms with Crippen molar-refractivity contribution in [1.29, 1.82) is 0 Å². The van der Waals surface area contributed by atoms with Crippen molar-refractivity contribution < 1.29 is 9.59 Å². The lowest BCUT2D eigenvalue weighted by Gasteiger charge is -2.02. The minimum absolute atomic E-state index is 0.0234. The van der Waals surface area contributed by atoms with E-state index in [4.69, 9.17) is 0 Å². The number of carbonyl (C=O) groups is 2. The average Bonchev–Trinajstić information content (AvgIpc) is 3.02. The quantitative estimate of drug-likeness (QED) is 0.809. The Bertz CT molecular complexity index is 437. The Morgan fingerprint density at radius 2 is 1.06 bits per heavy atom. The van der Waals surface area contributed by atoms with Crippen LogP contribution in [0.3, 0.4) is 0 Å². The first kappa shape index (κ1) is 11.4. The van der Waals surface area contributed by atoms with Gasteiger partial charge in [-0.05, 0) is 30.7 Å². The molecule has 0 aromatic carbocycles. The number of nitrogens with zero attached hydrogens (tertiary/aromatic N) is 2. The highest BCUT2D eigenvalue weighted by atomic mass is 16.2. The van der Waals surface area contributed by atoms with Crippen molar-refractivity contribution in [2.75, 3.05) is 0 Å². The third kappa shape index (κ3) is 2.93. The summed E-state index contributed by atoms with van der Waals surface area (Å²) in [5, 5.41) is 0. The Morgan fingerprint density at radius 1 is 0.706 bits per heavy atom. The third-order valence-electron chi connectivity index (χ3n) is 2.57. The molecule has 0 fully saturated rings. The van der Waals surface area contributed by atoms with Crippen molar-refractivity contribution in [2.24, 2.45) is 0 Å². The van der Waals surface area contributed by atoms with E-state index >= 15 is 0 Å². The maximum atomic E-state index is 11.6. The molecule has 0 atom stereocenters. The van der Waals surface area contributed by atoms with Gasteiger partial charge in [0.2, 0.25) is 11.8 Å². The maximum Gasteiger partial charge on any atom is 0.230 e. The topological polar surface area (TPSA) is 44.0 Å². The molecular weight excluding hydrogens is 216 g/mol. The molecule has 0 saturated heterocycles. The van der Waals surface area contributed by atoms with Gasteiger partial charge in [-0.1, -0.05) is 0 Å². The first-order valence-corrected chi connectivity index (χ1v) is 5.60. The fourth-order valence-corrected chi connectivity index (χ4v) is 1.65. The van der Waals surface area contributed by atoms with Crippen molar-refractivity contribution in [3.05, 3.63) is 49.1 Å². The van der Waals surface area contributed by atoms with Crippen LogP contribution in [0.2, 0.25) is 0 Å². The molecule has 0 aliphatic carbocycles. The van der Waals surface area contributed by atoms with Gasteiger partial charge in [-0.2, -0.15) is 0 Å². The van der Waals surface area contributed by atoms with Crippen LogP contribution in [0.5, 0.6) is 0 Å². The Balaban J connectivity index is 1.77. The van der Waals surface area contributed by atoms with Crippen LogP contribution < -0.4 is 0 Å². The van der Waals surface area contributed by atoms with Crippen LogP contribution in [-0.2, 0) is 0 Å². The van der Waals surface area contributed by atoms with Gasteiger partial charge in [0.15, 0.2) is 0 Å². The molecule has 0 amide bonds. The molecule has 0 saturated carbocycles. The van der Waals surface area contributed by atoms with Gasteiger partial charge in [-0.3, -0.25) is 18.7 Å². The van der Waals surface area contributed by atoms with Crippen molar-refractivity contribution in [3.8, 4) is 0 Å². The summed E-state index contributed by atoms with van der Waals surface area (Å²) in [6, 6.07) is 7.23. The second-order valence-electron chi connectivity index (χ2n) is 3.82. The van der Waals surface area contributed by atoms with Gasteiger partial charge in [0.25, 0.3) is 0 Å². The molecule has 2 aromatic heterocycles. The monoisotopic (exact) mass is 230 g/mol. The fourth-order valence-electron chi connectivity index (χ4n) is 1.65. The standard InChI is InChI=1S/C13H14N2O2/c16-12(14-8-1-2-9-14)6-5-7-13(17)15-10-3-4-11-15/h1-4,8-11H,5-7H2. The highest BCUT2D eigenvalue weighted by molar-refractivity contribution is 5.81. The van der Waals surface area contributed by atoms with Crippen LogP contribution in [0.25, 0.3) is 0 Å². The fraction of sp³-hybridized carbons (Fsp3) is 0.231. The van der Waals surface area contributed by atoms with E-state index in [-0.39, 0.29) is 11.8 Å². The average molecular weight is 230 g/mol. The number of hydrogen-bond donors (Lipinski definition) is 0. The van der Waals surface area contributed by atoms with Crippen LogP contribution in [0.4, 0.5) is 0 Å². The summed E-state index contributed by atoms with van der Waals surface area (Å²) >= 11 is 0. The molecule has 17 heavy (non-hydrogen) atoms. The molecule has 0 aliphatic rings. The molecule has 0 spiro atoms. The molecule has 2 aromatic rings. The molecule has 4 heteroatoms. The summed E-state index contributed by atoms with van der Waals surface area (Å²) in [7, 11) is 0. The van der Waals surface area contributed by atoms with Gasteiger partial charge in [0.1, 0.15) is 0 Å². The van der Waals surface area contributed by atoms with Gasteiger partial charge in [-0.15, -0.1) is 0 Å². The highest BCUT2D eigenvalue weighted by Crippen LogP contribution is 2.03. The predicted octanol–water partition coefficient (Wildman–Crippen LogP) is 2.44. The molecule has 88 valence electrons. The minimum atomic E-state index is 0.0234. The largest absolute Gasteiger partial charge is 0.295 e. The van der Waals surface area contributed by atoms with Gasteiger partial charge >= 0.3 is 0 Å². The van der Waals surface area contributed by atoms with Crippen molar-refractivity contribution in [3.63, 3.8) is 0 Å². The van der Waals surface area contributed by atoms with Crippen molar-refractivity contribution in [2.45, 2.75) is 19.3 Å². The SMILES string of the molecule is O=C(CCCC(=O)n1cccc1)n1cccc1. The normalized spacial score (nSPS) is 10.4. The van der Waals surface area contributed by atoms with E-state index in [1.165, 1.54) is 0 Å². The molecule has 0 bridgehead atoms. The first-order chi connectivity index (χ1) is 8.27. The number of rotatable bonds is 4. The molecule has 0 unspecified atom stereocenters. The van der Waals surface area contributed by atoms with E-state index in [1.54, 1.807) is 33.9 Å². The smallest absolute Gasteiger partial charge is 0.230 e. The third-order valence-corrected chi connectivity index (χ3v) is 2.57. The Morgan fingerprint density at radius 3 is 1.41 bits per heavy atom. The number of hydrogen-bond acceptors (Lipinski definition) is 2. The molecule has 0 aliphatic heterocycles. The highest BCUT2D eigenvalue weighted by Gasteiger charge is 2.07. The summed E-state index contributed by atoms with van der Waals surface area (Å²) in [6.07, 6.45) is 8.23. The Labute approximate surface area is 99.5 Å². The minimum Gasteiger partial charge on any atom is -0.295 e. The van der Waals surface area contributed by atoms with Gasteiger partial charge < -0.3 is 0 Å². The zero-order valence-corrected chi connectivity index (χ0v) is 9.45. The van der Waals surface area contributed by atoms with E-state index in [0.717, 1.165) is 0 Å². The predicted molar refractivity (Wildman–Crippen MR) is 64.0 cm³/mol. The lowest BCUT2D eigenvalue weighted by atomic mass is 10.2. The van der Waals surface area contributed by atoms with Gasteiger partial charge in [0.05, 0.1) is 0 Å². The number of aromatic nitrogens is 2. The molecule has 4 nitrogen and oxygen atoms in total. The van der Waals surface area contributed by atoms with E-state index in [1.807, 2.05) is 24.3 Å². The van der Waals surface area contributed by atoms with E-state index < -0.39 is 0 Å². The van der Waals surface area contributed by atoms with E-state index in [0.29, 0.717) is 19.3 Å². The van der Waals surface area contributed by atoms with Gasteiger partial charge in [0, 0.05) is 37.6 Å². The molecule has 2 rings (SSSR count). The van der Waals surface area contributed by atoms with Crippen LogP contribution in [-0.4, -0.2) is 20.9 Å². The Hall–Kier alpha value is -2.10. The van der Waals surface area contributed by atoms with Gasteiger partial charge in [-0.25, -0.2) is 0 Å². The van der Waals surface area contributed by atoms with Crippen molar-refractivity contribution >= 4 is 11.8 Å². The van der Waals surface area contributed by atoms with Crippen LogP contribution in [0.1, 0.15) is 28.9 Å². The molecule has 0 radical (unpaired) electrons. The first-order valence-electron chi connectivity index (χ1n) is 5.60. The second kappa shape index (κ2) is 5.30. The summed E-state index contributed by atoms with van der Waals surface area (Å²) in [4.78, 5) is 23.2. The van der Waals surface area contributed by atoms with Crippen LogP contribution in [0, 0.1) is 0 Å². The molecular formula is C13H14N2O2. The van der Waals surface area contributed by atoms with E-state index in [2.05, 4.69) is 0 Å². The zero-order chi connectivity index (χ0) is 12.1. The summed E-state index contributed by atoms with van der Waals surface area (Å²) in [5.41, 5.74) is 0. The lowest BCUT2D eigenvalue weighted by molar-refractivity contribution is 0.0874. The molecule has 0 N–H and O–H groups in total. The summed E-state index contributed by atoms with van der Waals surface area (Å²) < 4.78 is 3.08.